The summed E-state index contributed by atoms with van der Waals surface area (Å²) < 4.78 is 5.52. The van der Waals surface area contributed by atoms with Gasteiger partial charge in [-0.05, 0) is 46.9 Å². The van der Waals surface area contributed by atoms with Gasteiger partial charge in [-0.3, -0.25) is 4.79 Å². The van der Waals surface area contributed by atoms with Gasteiger partial charge in [-0.15, -0.1) is 0 Å². The lowest BCUT2D eigenvalue weighted by Crippen LogP contribution is -2.33. The van der Waals surface area contributed by atoms with E-state index in [4.69, 9.17) is 4.42 Å². The van der Waals surface area contributed by atoms with Crippen LogP contribution in [-0.2, 0) is 10.8 Å². The fourth-order valence-corrected chi connectivity index (χ4v) is 3.14. The first-order chi connectivity index (χ1) is 8.81. The predicted molar refractivity (Wildman–Crippen MR) is 77.8 cm³/mol. The van der Waals surface area contributed by atoms with E-state index >= 15 is 0 Å². The van der Waals surface area contributed by atoms with Crippen LogP contribution in [0.3, 0.4) is 0 Å². The van der Waals surface area contributed by atoms with Crippen LogP contribution in [0.15, 0.2) is 33.7 Å². The average Bonchev–Trinajstić information content (AvgIpc) is 2.35. The number of rotatable bonds is 0. The highest BCUT2D eigenvalue weighted by atomic mass is 16.3. The van der Waals surface area contributed by atoms with Crippen molar-refractivity contribution < 1.29 is 4.42 Å². The summed E-state index contributed by atoms with van der Waals surface area (Å²) in [5.41, 5.74) is 3.65. The lowest BCUT2D eigenvalue weighted by Gasteiger charge is -2.41. The monoisotopic (exact) mass is 256 g/mol. The van der Waals surface area contributed by atoms with Gasteiger partial charge in [0, 0.05) is 6.07 Å². The van der Waals surface area contributed by atoms with E-state index in [1.54, 1.807) is 0 Å². The Morgan fingerprint density at radius 3 is 2.21 bits per heavy atom. The maximum atomic E-state index is 12.0. The van der Waals surface area contributed by atoms with Gasteiger partial charge in [0.25, 0.3) is 0 Å². The van der Waals surface area contributed by atoms with Gasteiger partial charge in [0.15, 0.2) is 5.43 Å². The van der Waals surface area contributed by atoms with Crippen LogP contribution in [0.2, 0.25) is 0 Å². The second-order valence-corrected chi connectivity index (χ2v) is 6.95. The molecule has 0 unspecified atom stereocenters. The van der Waals surface area contributed by atoms with E-state index in [0.29, 0.717) is 11.0 Å². The minimum atomic E-state index is 0.0447. The summed E-state index contributed by atoms with van der Waals surface area (Å²) in [6.45, 7) is 9.07. The molecule has 2 nitrogen and oxygen atoms in total. The average molecular weight is 256 g/mol. The van der Waals surface area contributed by atoms with Crippen LogP contribution in [0.5, 0.6) is 0 Å². The highest BCUT2D eigenvalue weighted by Crippen LogP contribution is 2.46. The topological polar surface area (TPSA) is 30.2 Å². The molecule has 19 heavy (non-hydrogen) atoms. The van der Waals surface area contributed by atoms with Crippen LogP contribution >= 0.6 is 0 Å². The van der Waals surface area contributed by atoms with Gasteiger partial charge in [0.05, 0.1) is 11.6 Å². The highest BCUT2D eigenvalue weighted by Gasteiger charge is 2.37. The molecule has 1 aliphatic carbocycles. The Bertz CT molecular complexity index is 705. The molecule has 1 aromatic heterocycles. The predicted octanol–water partition coefficient (Wildman–Crippen LogP) is 4.14. The van der Waals surface area contributed by atoms with Gasteiger partial charge in [0.2, 0.25) is 0 Å². The lowest BCUT2D eigenvalue weighted by atomic mass is 9.63. The zero-order chi connectivity index (χ0) is 13.8. The van der Waals surface area contributed by atoms with E-state index in [0.717, 1.165) is 12.8 Å². The minimum absolute atomic E-state index is 0.0447. The Kier molecular flexibility index (Phi) is 2.44. The van der Waals surface area contributed by atoms with Crippen molar-refractivity contribution in [3.05, 3.63) is 45.8 Å². The molecule has 0 saturated heterocycles. The molecule has 1 aliphatic rings. The Morgan fingerprint density at radius 2 is 1.58 bits per heavy atom. The molecule has 0 aliphatic heterocycles. The van der Waals surface area contributed by atoms with Gasteiger partial charge in [-0.25, -0.2) is 0 Å². The molecule has 0 saturated carbocycles. The van der Waals surface area contributed by atoms with E-state index in [1.807, 2.05) is 0 Å². The molecule has 0 N–H and O–H groups in total. The third-order valence-electron chi connectivity index (χ3n) is 4.63. The second-order valence-electron chi connectivity index (χ2n) is 6.95. The van der Waals surface area contributed by atoms with Gasteiger partial charge >= 0.3 is 0 Å². The fourth-order valence-electron chi connectivity index (χ4n) is 3.14. The number of hydrogen-bond acceptors (Lipinski definition) is 2. The Hall–Kier alpha value is -1.57. The zero-order valence-corrected chi connectivity index (χ0v) is 12.0. The largest absolute Gasteiger partial charge is 0.464 e. The number of fused-ring (bicyclic) bond motifs is 2. The third kappa shape index (κ3) is 1.81. The Morgan fingerprint density at radius 1 is 1.00 bits per heavy atom. The molecular weight excluding hydrogens is 236 g/mol. The van der Waals surface area contributed by atoms with Crippen LogP contribution in [0.1, 0.15) is 51.7 Å². The smallest absolute Gasteiger partial charge is 0.192 e. The summed E-state index contributed by atoms with van der Waals surface area (Å²) in [7, 11) is 0. The van der Waals surface area contributed by atoms with Crippen LogP contribution in [0.25, 0.3) is 11.0 Å². The molecule has 100 valence electrons. The van der Waals surface area contributed by atoms with Crippen molar-refractivity contribution in [2.45, 2.75) is 51.4 Å². The van der Waals surface area contributed by atoms with E-state index in [-0.39, 0.29) is 16.3 Å². The first-order valence-electron chi connectivity index (χ1n) is 6.88. The summed E-state index contributed by atoms with van der Waals surface area (Å²) in [4.78, 5) is 12.0. The van der Waals surface area contributed by atoms with Crippen molar-refractivity contribution in [1.29, 1.82) is 0 Å². The number of hydrogen-bond donors (Lipinski definition) is 0. The van der Waals surface area contributed by atoms with Crippen LogP contribution in [0, 0.1) is 0 Å². The van der Waals surface area contributed by atoms with Crippen molar-refractivity contribution in [3.63, 3.8) is 0 Å². The Balaban J connectivity index is 2.42. The third-order valence-corrected chi connectivity index (χ3v) is 4.63. The fraction of sp³-hybridized carbons (Fsp3) is 0.471. The molecule has 1 aromatic carbocycles. The van der Waals surface area contributed by atoms with E-state index in [2.05, 4.69) is 39.8 Å². The van der Waals surface area contributed by atoms with Crippen molar-refractivity contribution in [1.82, 2.24) is 0 Å². The van der Waals surface area contributed by atoms with Crippen molar-refractivity contribution in [2.75, 3.05) is 0 Å². The Labute approximate surface area is 113 Å². The molecule has 0 fully saturated rings. The van der Waals surface area contributed by atoms with E-state index in [1.165, 1.54) is 23.5 Å². The van der Waals surface area contributed by atoms with Crippen LogP contribution in [-0.4, -0.2) is 0 Å². The molecule has 0 amide bonds. The molecule has 2 aromatic rings. The number of benzene rings is 1. The van der Waals surface area contributed by atoms with Crippen LogP contribution < -0.4 is 5.43 Å². The van der Waals surface area contributed by atoms with Gasteiger partial charge in [-0.1, -0.05) is 27.7 Å². The summed E-state index contributed by atoms with van der Waals surface area (Å²) in [5, 5.41) is 0.701. The second kappa shape index (κ2) is 3.72. The van der Waals surface area contributed by atoms with Crippen molar-refractivity contribution >= 4 is 11.0 Å². The minimum Gasteiger partial charge on any atom is -0.464 e. The van der Waals surface area contributed by atoms with Gasteiger partial charge in [-0.2, -0.15) is 0 Å². The first-order valence-corrected chi connectivity index (χ1v) is 6.88. The quantitative estimate of drug-likeness (QED) is 0.709. The lowest BCUT2D eigenvalue weighted by molar-refractivity contribution is 0.332. The normalized spacial score (nSPS) is 20.2. The molecule has 0 spiro atoms. The molecule has 0 atom stereocenters. The summed E-state index contributed by atoms with van der Waals surface area (Å²) in [6, 6.07) is 5.63. The molecule has 2 heteroatoms. The zero-order valence-electron chi connectivity index (χ0n) is 12.0. The first kappa shape index (κ1) is 12.5. The highest BCUT2D eigenvalue weighted by molar-refractivity contribution is 5.79. The summed E-state index contributed by atoms with van der Waals surface area (Å²) in [5.74, 6) is 0. The summed E-state index contributed by atoms with van der Waals surface area (Å²) >= 11 is 0. The van der Waals surface area contributed by atoms with E-state index in [9.17, 15) is 4.79 Å². The summed E-state index contributed by atoms with van der Waals surface area (Å²) in [6.07, 6.45) is 3.80. The molecule has 1 heterocycles. The van der Waals surface area contributed by atoms with Gasteiger partial charge < -0.3 is 4.42 Å². The SMILES string of the molecule is CC1(C)CCC(C)(C)c2cc3c(=O)ccoc3cc21. The van der Waals surface area contributed by atoms with Crippen molar-refractivity contribution in [3.8, 4) is 0 Å². The molecule has 0 radical (unpaired) electrons. The molecule has 0 bridgehead atoms. The molecule has 3 rings (SSSR count). The maximum absolute atomic E-state index is 12.0. The standard InChI is InChI=1S/C17H20O2/c1-16(2)6-7-17(3,4)13-10-15-11(9-12(13)16)14(18)5-8-19-15/h5,8-10H,6-7H2,1-4H3. The van der Waals surface area contributed by atoms with E-state index < -0.39 is 0 Å². The van der Waals surface area contributed by atoms with Crippen LogP contribution in [0.4, 0.5) is 0 Å². The maximum Gasteiger partial charge on any atom is 0.192 e. The van der Waals surface area contributed by atoms with Crippen molar-refractivity contribution in [2.24, 2.45) is 0 Å². The van der Waals surface area contributed by atoms with Gasteiger partial charge in [0.1, 0.15) is 5.58 Å². The molecular formula is C17H20O2.